The predicted octanol–water partition coefficient (Wildman–Crippen LogP) is 4.81. The molecule has 0 amide bonds. The number of sulfonamides is 1. The summed E-state index contributed by atoms with van der Waals surface area (Å²) in [6, 6.07) is 13.1. The quantitative estimate of drug-likeness (QED) is 0.373. The number of rotatable bonds is 10. The van der Waals surface area contributed by atoms with Crippen molar-refractivity contribution in [1.82, 2.24) is 0 Å². The van der Waals surface area contributed by atoms with Gasteiger partial charge in [0.2, 0.25) is 10.0 Å². The van der Waals surface area contributed by atoms with Gasteiger partial charge in [0.1, 0.15) is 18.5 Å². The zero-order chi connectivity index (χ0) is 26.7. The summed E-state index contributed by atoms with van der Waals surface area (Å²) in [6.45, 7) is 0.512. The standard InChI is InChI=1S/C26H25F2NO7S/c1-4-11-34-21-10-9-20-23(25(21)36-26(27)28)17-7-5-15(14-37(29,30)31)12-18(17)24(35-20)16-6-8-19(32-2)22(13-16)33-3/h4-10,12-13,24,26H,1,11,14H2,2-3H3,(H2,29,30,31). The highest BCUT2D eigenvalue weighted by molar-refractivity contribution is 7.88. The van der Waals surface area contributed by atoms with Crippen molar-refractivity contribution in [2.24, 2.45) is 5.14 Å². The number of primary sulfonamides is 1. The molecule has 0 spiro atoms. The van der Waals surface area contributed by atoms with Crippen molar-refractivity contribution >= 4 is 10.0 Å². The van der Waals surface area contributed by atoms with Gasteiger partial charge in [0.05, 0.1) is 25.5 Å². The van der Waals surface area contributed by atoms with Gasteiger partial charge in [-0.25, -0.2) is 13.6 Å². The van der Waals surface area contributed by atoms with E-state index in [9.17, 15) is 17.2 Å². The molecule has 0 aromatic heterocycles. The number of hydrogen-bond donors (Lipinski definition) is 1. The Morgan fingerprint density at radius 2 is 1.78 bits per heavy atom. The van der Waals surface area contributed by atoms with Crippen LogP contribution in [-0.4, -0.2) is 35.9 Å². The first-order chi connectivity index (χ1) is 17.6. The average molecular weight is 534 g/mol. The van der Waals surface area contributed by atoms with Crippen LogP contribution in [0.1, 0.15) is 22.8 Å². The van der Waals surface area contributed by atoms with Gasteiger partial charge in [-0.2, -0.15) is 8.78 Å². The minimum absolute atomic E-state index is 0.0632. The molecule has 3 aromatic carbocycles. The normalized spacial score (nSPS) is 14.3. The van der Waals surface area contributed by atoms with E-state index in [4.69, 9.17) is 28.8 Å². The first-order valence-electron chi connectivity index (χ1n) is 11.0. The highest BCUT2D eigenvalue weighted by atomic mass is 32.2. The molecule has 0 bridgehead atoms. The van der Waals surface area contributed by atoms with E-state index < -0.39 is 28.5 Å². The van der Waals surface area contributed by atoms with E-state index >= 15 is 0 Å². The van der Waals surface area contributed by atoms with E-state index in [1.807, 2.05) is 0 Å². The molecule has 0 fully saturated rings. The Labute approximate surface area is 213 Å². The van der Waals surface area contributed by atoms with E-state index in [-0.39, 0.29) is 29.4 Å². The molecule has 1 heterocycles. The van der Waals surface area contributed by atoms with Crippen molar-refractivity contribution in [2.45, 2.75) is 18.5 Å². The Kier molecular flexibility index (Phi) is 7.55. The fourth-order valence-corrected chi connectivity index (χ4v) is 4.84. The van der Waals surface area contributed by atoms with Gasteiger partial charge in [-0.1, -0.05) is 36.9 Å². The third-order valence-corrected chi connectivity index (χ3v) is 6.37. The van der Waals surface area contributed by atoms with Gasteiger partial charge >= 0.3 is 6.61 Å². The molecule has 11 heteroatoms. The molecule has 1 atom stereocenters. The van der Waals surface area contributed by atoms with Crippen LogP contribution in [0.25, 0.3) is 11.1 Å². The maximum Gasteiger partial charge on any atom is 0.387 e. The average Bonchev–Trinajstić information content (AvgIpc) is 2.85. The van der Waals surface area contributed by atoms with Crippen LogP contribution in [0.4, 0.5) is 8.78 Å². The third kappa shape index (κ3) is 5.62. The summed E-state index contributed by atoms with van der Waals surface area (Å²) in [4.78, 5) is 0. The number of fused-ring (bicyclic) bond motifs is 3. The largest absolute Gasteiger partial charge is 0.493 e. The number of alkyl halides is 2. The van der Waals surface area contributed by atoms with Gasteiger partial charge in [0.25, 0.3) is 0 Å². The topological polar surface area (TPSA) is 106 Å². The van der Waals surface area contributed by atoms with Crippen molar-refractivity contribution in [1.29, 1.82) is 0 Å². The number of methoxy groups -OCH3 is 2. The summed E-state index contributed by atoms with van der Waals surface area (Å²) in [6.07, 6.45) is 0.727. The van der Waals surface area contributed by atoms with Gasteiger partial charge < -0.3 is 23.7 Å². The Morgan fingerprint density at radius 1 is 1.05 bits per heavy atom. The van der Waals surface area contributed by atoms with Crippen molar-refractivity contribution in [2.75, 3.05) is 20.8 Å². The molecule has 196 valence electrons. The molecule has 1 aliphatic heterocycles. The highest BCUT2D eigenvalue weighted by Crippen LogP contribution is 2.53. The summed E-state index contributed by atoms with van der Waals surface area (Å²) < 4.78 is 78.0. The van der Waals surface area contributed by atoms with Crippen LogP contribution < -0.4 is 28.8 Å². The molecule has 0 saturated carbocycles. The van der Waals surface area contributed by atoms with Gasteiger partial charge in [-0.05, 0) is 35.4 Å². The Bertz CT molecular complexity index is 1430. The van der Waals surface area contributed by atoms with Crippen LogP contribution in [0.5, 0.6) is 28.7 Å². The molecule has 0 radical (unpaired) electrons. The van der Waals surface area contributed by atoms with Crippen molar-refractivity contribution in [3.05, 3.63) is 77.9 Å². The lowest BCUT2D eigenvalue weighted by Crippen LogP contribution is -2.19. The van der Waals surface area contributed by atoms with Crippen LogP contribution in [0.3, 0.4) is 0 Å². The van der Waals surface area contributed by atoms with Crippen molar-refractivity contribution < 1.29 is 40.9 Å². The van der Waals surface area contributed by atoms with Crippen LogP contribution in [0.15, 0.2) is 61.2 Å². The predicted molar refractivity (Wildman–Crippen MR) is 133 cm³/mol. The molecule has 0 aliphatic carbocycles. The number of ether oxygens (including phenoxy) is 5. The lowest BCUT2D eigenvalue weighted by atomic mass is 9.87. The van der Waals surface area contributed by atoms with Crippen LogP contribution in [-0.2, 0) is 15.8 Å². The number of nitrogens with two attached hydrogens (primary N) is 1. The van der Waals surface area contributed by atoms with E-state index in [1.54, 1.807) is 42.5 Å². The van der Waals surface area contributed by atoms with Crippen molar-refractivity contribution in [3.8, 4) is 39.9 Å². The monoisotopic (exact) mass is 533 g/mol. The zero-order valence-corrected chi connectivity index (χ0v) is 20.9. The Morgan fingerprint density at radius 3 is 2.43 bits per heavy atom. The summed E-state index contributed by atoms with van der Waals surface area (Å²) >= 11 is 0. The highest BCUT2D eigenvalue weighted by Gasteiger charge is 2.33. The smallest absolute Gasteiger partial charge is 0.387 e. The fraction of sp³-hybridized carbons (Fsp3) is 0.231. The van der Waals surface area contributed by atoms with Gasteiger partial charge in [-0.3, -0.25) is 0 Å². The molecule has 2 N–H and O–H groups in total. The first-order valence-corrected chi connectivity index (χ1v) is 12.7. The maximum atomic E-state index is 13.5. The molecular weight excluding hydrogens is 508 g/mol. The van der Waals surface area contributed by atoms with Gasteiger partial charge in [0, 0.05) is 11.1 Å². The molecular formula is C26H25F2NO7S. The number of benzene rings is 3. The van der Waals surface area contributed by atoms with Crippen molar-refractivity contribution in [3.63, 3.8) is 0 Å². The van der Waals surface area contributed by atoms with E-state index in [1.165, 1.54) is 26.4 Å². The van der Waals surface area contributed by atoms with Gasteiger partial charge in [0.15, 0.2) is 23.0 Å². The molecule has 1 unspecified atom stereocenters. The summed E-state index contributed by atoms with van der Waals surface area (Å²) in [7, 11) is -0.832. The second-order valence-corrected chi connectivity index (χ2v) is 9.70. The lowest BCUT2D eigenvalue weighted by Gasteiger charge is -2.31. The molecule has 8 nitrogen and oxygen atoms in total. The Hall–Kier alpha value is -3.83. The maximum absolute atomic E-state index is 13.5. The van der Waals surface area contributed by atoms with E-state index in [2.05, 4.69) is 6.58 Å². The van der Waals surface area contributed by atoms with E-state index in [0.717, 1.165) is 0 Å². The third-order valence-electron chi connectivity index (χ3n) is 5.64. The molecule has 3 aromatic rings. The molecule has 4 rings (SSSR count). The molecule has 1 aliphatic rings. The number of hydrogen-bond acceptors (Lipinski definition) is 7. The Balaban J connectivity index is 1.94. The second kappa shape index (κ2) is 10.7. The number of halogens is 2. The first kappa shape index (κ1) is 26.2. The SMILES string of the molecule is C=CCOc1ccc2c(c1OC(F)F)-c1ccc(CS(N)(=O)=O)cc1C(c1ccc(OC)c(OC)c1)O2. The summed E-state index contributed by atoms with van der Waals surface area (Å²) in [5.74, 6) is 0.670. The molecule has 37 heavy (non-hydrogen) atoms. The summed E-state index contributed by atoms with van der Waals surface area (Å²) in [5.41, 5.74) is 2.31. The van der Waals surface area contributed by atoms with Crippen LogP contribution >= 0.6 is 0 Å². The van der Waals surface area contributed by atoms with E-state index in [0.29, 0.717) is 33.8 Å². The minimum atomic E-state index is -3.84. The minimum Gasteiger partial charge on any atom is -0.493 e. The van der Waals surface area contributed by atoms with Crippen LogP contribution in [0.2, 0.25) is 0 Å². The summed E-state index contributed by atoms with van der Waals surface area (Å²) in [5, 5.41) is 5.26. The van der Waals surface area contributed by atoms with Gasteiger partial charge in [-0.15, -0.1) is 0 Å². The second-order valence-electron chi connectivity index (χ2n) is 8.09. The van der Waals surface area contributed by atoms with Crippen LogP contribution in [0, 0.1) is 0 Å². The lowest BCUT2D eigenvalue weighted by molar-refractivity contribution is -0.0511. The zero-order valence-electron chi connectivity index (χ0n) is 20.1. The fourth-order valence-electron chi connectivity index (χ4n) is 4.20. The molecule has 0 saturated heterocycles.